The third-order valence-corrected chi connectivity index (χ3v) is 4.97. The van der Waals surface area contributed by atoms with Crippen molar-refractivity contribution in [3.05, 3.63) is 35.9 Å². The predicted molar refractivity (Wildman–Crippen MR) is 81.8 cm³/mol. The lowest BCUT2D eigenvalue weighted by atomic mass is 9.85. The maximum Gasteiger partial charge on any atom is 0.254 e. The molecule has 0 unspecified atom stereocenters. The number of imide groups is 1. The molecule has 2 amide bonds. The third kappa shape index (κ3) is 1.98. The SMILES string of the molecule is COc1cc(/C=N\N2C(=O)[C@@H]3[C@H](C2=O)[C@H]2C=C[C@H]3C2)ccc1O. The van der Waals surface area contributed by atoms with Crippen molar-refractivity contribution in [2.45, 2.75) is 6.42 Å². The van der Waals surface area contributed by atoms with Gasteiger partial charge in [0.15, 0.2) is 11.5 Å². The van der Waals surface area contributed by atoms with Crippen LogP contribution in [-0.2, 0) is 9.59 Å². The molecule has 2 fully saturated rings. The van der Waals surface area contributed by atoms with Gasteiger partial charge in [-0.25, -0.2) is 0 Å². The fourth-order valence-electron chi connectivity index (χ4n) is 3.90. The van der Waals surface area contributed by atoms with Crippen LogP contribution in [0.15, 0.2) is 35.5 Å². The summed E-state index contributed by atoms with van der Waals surface area (Å²) >= 11 is 0. The van der Waals surface area contributed by atoms with Crippen molar-refractivity contribution >= 4 is 18.0 Å². The number of aromatic hydroxyl groups is 1. The van der Waals surface area contributed by atoms with Crippen LogP contribution in [0.3, 0.4) is 0 Å². The summed E-state index contributed by atoms with van der Waals surface area (Å²) in [5.41, 5.74) is 0.637. The van der Waals surface area contributed by atoms with Gasteiger partial charge in [-0.15, -0.1) is 0 Å². The van der Waals surface area contributed by atoms with E-state index in [-0.39, 0.29) is 41.2 Å². The molecule has 1 aromatic carbocycles. The molecule has 1 heterocycles. The smallest absolute Gasteiger partial charge is 0.254 e. The number of phenols is 1. The molecule has 0 radical (unpaired) electrons. The molecular formula is C17H16N2O4. The molecule has 1 aromatic rings. The molecule has 1 aliphatic heterocycles. The Labute approximate surface area is 133 Å². The number of nitrogens with zero attached hydrogens (tertiary/aromatic N) is 2. The van der Waals surface area contributed by atoms with Gasteiger partial charge in [-0.2, -0.15) is 10.1 Å². The van der Waals surface area contributed by atoms with E-state index in [1.54, 1.807) is 12.1 Å². The maximum atomic E-state index is 12.5. The molecule has 118 valence electrons. The average Bonchev–Trinajstić information content (AvgIpc) is 3.22. The van der Waals surface area contributed by atoms with Crippen LogP contribution in [0.1, 0.15) is 12.0 Å². The number of allylic oxidation sites excluding steroid dienone is 2. The normalized spacial score (nSPS) is 31.4. The highest BCUT2D eigenvalue weighted by Crippen LogP contribution is 2.52. The lowest BCUT2D eigenvalue weighted by Crippen LogP contribution is -2.28. The molecule has 6 nitrogen and oxygen atoms in total. The molecule has 23 heavy (non-hydrogen) atoms. The maximum absolute atomic E-state index is 12.5. The van der Waals surface area contributed by atoms with Gasteiger partial charge in [0, 0.05) is 0 Å². The molecule has 1 N–H and O–H groups in total. The minimum atomic E-state index is -0.246. The lowest BCUT2D eigenvalue weighted by molar-refractivity contribution is -0.140. The Morgan fingerprint density at radius 1 is 1.22 bits per heavy atom. The van der Waals surface area contributed by atoms with E-state index >= 15 is 0 Å². The summed E-state index contributed by atoms with van der Waals surface area (Å²) in [4.78, 5) is 25.0. The van der Waals surface area contributed by atoms with Crippen molar-refractivity contribution in [1.29, 1.82) is 0 Å². The van der Waals surface area contributed by atoms with E-state index < -0.39 is 0 Å². The minimum absolute atomic E-state index is 0.0233. The van der Waals surface area contributed by atoms with E-state index in [2.05, 4.69) is 17.3 Å². The standard InChI is InChI=1S/C17H16N2O4/c1-23-13-6-9(2-5-12(13)20)8-18-19-16(21)14-10-3-4-11(7-10)15(14)17(19)22/h2-6,8,10-11,14-15,20H,7H2,1H3/b18-8-/t10-,11-,14-,15+/m0/s1. The topological polar surface area (TPSA) is 79.2 Å². The summed E-state index contributed by atoms with van der Waals surface area (Å²) in [5, 5.41) is 14.7. The fraction of sp³-hybridized carbons (Fsp3) is 0.353. The number of benzene rings is 1. The van der Waals surface area contributed by atoms with E-state index in [1.165, 1.54) is 19.4 Å². The van der Waals surface area contributed by atoms with Gasteiger partial charge in [0.2, 0.25) is 0 Å². The van der Waals surface area contributed by atoms with Crippen LogP contribution in [0, 0.1) is 23.7 Å². The van der Waals surface area contributed by atoms with Crippen molar-refractivity contribution in [2.24, 2.45) is 28.8 Å². The number of rotatable bonds is 3. The highest BCUT2D eigenvalue weighted by atomic mass is 16.5. The molecule has 1 saturated heterocycles. The number of hydrogen-bond acceptors (Lipinski definition) is 5. The molecule has 6 heteroatoms. The van der Waals surface area contributed by atoms with Crippen molar-refractivity contribution in [1.82, 2.24) is 5.01 Å². The number of hydrogen-bond donors (Lipinski definition) is 1. The number of ether oxygens (including phenoxy) is 1. The highest BCUT2D eigenvalue weighted by molar-refractivity contribution is 6.06. The first-order valence-corrected chi connectivity index (χ1v) is 7.57. The Kier molecular flexibility index (Phi) is 3.01. The van der Waals surface area contributed by atoms with Crippen molar-refractivity contribution in [3.63, 3.8) is 0 Å². The summed E-state index contributed by atoms with van der Waals surface area (Å²) in [7, 11) is 1.45. The van der Waals surface area contributed by atoms with E-state index in [0.717, 1.165) is 11.4 Å². The number of fused-ring (bicyclic) bond motifs is 5. The molecule has 0 spiro atoms. The van der Waals surface area contributed by atoms with Crippen molar-refractivity contribution < 1.29 is 19.4 Å². The average molecular weight is 312 g/mol. The number of amides is 2. The van der Waals surface area contributed by atoms with Gasteiger partial charge >= 0.3 is 0 Å². The monoisotopic (exact) mass is 312 g/mol. The van der Waals surface area contributed by atoms with Crippen LogP contribution in [0.25, 0.3) is 0 Å². The van der Waals surface area contributed by atoms with Crippen LogP contribution < -0.4 is 4.74 Å². The second-order valence-corrected chi connectivity index (χ2v) is 6.16. The first kappa shape index (κ1) is 14.0. The third-order valence-electron chi connectivity index (χ3n) is 4.97. The van der Waals surface area contributed by atoms with Gasteiger partial charge in [-0.3, -0.25) is 9.59 Å². The molecule has 0 aromatic heterocycles. The minimum Gasteiger partial charge on any atom is -0.504 e. The quantitative estimate of drug-likeness (QED) is 0.522. The van der Waals surface area contributed by atoms with E-state index in [0.29, 0.717) is 11.3 Å². The van der Waals surface area contributed by atoms with Gasteiger partial charge in [0.25, 0.3) is 11.8 Å². The zero-order valence-corrected chi connectivity index (χ0v) is 12.5. The van der Waals surface area contributed by atoms with Crippen molar-refractivity contribution in [3.8, 4) is 11.5 Å². The first-order chi connectivity index (χ1) is 11.1. The number of phenolic OH excluding ortho intramolecular Hbond substituents is 1. The summed E-state index contributed by atoms with van der Waals surface area (Å²) in [6.07, 6.45) is 6.44. The van der Waals surface area contributed by atoms with Crippen LogP contribution in [0.5, 0.6) is 11.5 Å². The van der Waals surface area contributed by atoms with Gasteiger partial charge in [-0.05, 0) is 42.0 Å². The van der Waals surface area contributed by atoms with Gasteiger partial charge in [-0.1, -0.05) is 12.2 Å². The molecular weight excluding hydrogens is 296 g/mol. The van der Waals surface area contributed by atoms with E-state index in [9.17, 15) is 14.7 Å². The molecule has 3 aliphatic rings. The Morgan fingerprint density at radius 2 is 1.87 bits per heavy atom. The zero-order chi connectivity index (χ0) is 16.1. The van der Waals surface area contributed by atoms with E-state index in [4.69, 9.17) is 4.74 Å². The van der Waals surface area contributed by atoms with Crippen LogP contribution >= 0.6 is 0 Å². The van der Waals surface area contributed by atoms with Gasteiger partial charge in [0.05, 0.1) is 25.2 Å². The summed E-state index contributed by atoms with van der Waals surface area (Å²) in [6.45, 7) is 0. The van der Waals surface area contributed by atoms with Crippen LogP contribution in [-0.4, -0.2) is 35.3 Å². The summed E-state index contributed by atoms with van der Waals surface area (Å²) in [5.74, 6) is -0.223. The number of methoxy groups -OCH3 is 1. The number of hydrazone groups is 1. The van der Waals surface area contributed by atoms with Gasteiger partial charge < -0.3 is 9.84 Å². The molecule has 4 atom stereocenters. The number of carbonyl (C=O) groups is 2. The predicted octanol–water partition coefficient (Wildman–Crippen LogP) is 1.54. The Balaban J connectivity index is 1.58. The second-order valence-electron chi connectivity index (χ2n) is 6.16. The Hall–Kier alpha value is -2.63. The summed E-state index contributed by atoms with van der Waals surface area (Å²) < 4.78 is 5.03. The first-order valence-electron chi connectivity index (χ1n) is 7.57. The fourth-order valence-corrected chi connectivity index (χ4v) is 3.90. The summed E-state index contributed by atoms with van der Waals surface area (Å²) in [6, 6.07) is 4.71. The van der Waals surface area contributed by atoms with Crippen LogP contribution in [0.2, 0.25) is 0 Å². The zero-order valence-electron chi connectivity index (χ0n) is 12.5. The second kappa shape index (κ2) is 4.94. The number of carbonyl (C=O) groups excluding carboxylic acids is 2. The van der Waals surface area contributed by atoms with Crippen LogP contribution in [0.4, 0.5) is 0 Å². The Bertz CT molecular complexity index is 725. The molecule has 2 bridgehead atoms. The lowest BCUT2D eigenvalue weighted by Gasteiger charge is -2.13. The molecule has 2 aliphatic carbocycles. The Morgan fingerprint density at radius 3 is 2.48 bits per heavy atom. The molecule has 4 rings (SSSR count). The largest absolute Gasteiger partial charge is 0.504 e. The highest BCUT2D eigenvalue weighted by Gasteiger charge is 2.59. The van der Waals surface area contributed by atoms with Gasteiger partial charge in [0.1, 0.15) is 0 Å². The van der Waals surface area contributed by atoms with Crippen molar-refractivity contribution in [2.75, 3.05) is 7.11 Å². The molecule has 1 saturated carbocycles. The van der Waals surface area contributed by atoms with E-state index in [1.807, 2.05) is 0 Å².